The first kappa shape index (κ1) is 13.2. The molecule has 1 aliphatic carbocycles. The van der Waals surface area contributed by atoms with Crippen molar-refractivity contribution in [1.82, 2.24) is 9.97 Å². The summed E-state index contributed by atoms with van der Waals surface area (Å²) in [4.78, 5) is 14.1. The monoisotopic (exact) mass is 301 g/mol. The van der Waals surface area contributed by atoms with E-state index in [2.05, 4.69) is 21.4 Å². The van der Waals surface area contributed by atoms with Crippen molar-refractivity contribution < 1.29 is 4.74 Å². The number of rotatable bonds is 4. The van der Waals surface area contributed by atoms with Gasteiger partial charge in [-0.25, -0.2) is 9.97 Å². The van der Waals surface area contributed by atoms with Gasteiger partial charge >= 0.3 is 0 Å². The van der Waals surface area contributed by atoms with Crippen LogP contribution in [0.2, 0.25) is 0 Å². The number of aryl methyl sites for hydroxylation is 2. The molecular formula is C16H19N3OS. The highest BCUT2D eigenvalue weighted by molar-refractivity contribution is 7.19. The van der Waals surface area contributed by atoms with Gasteiger partial charge in [-0.3, -0.25) is 0 Å². The van der Waals surface area contributed by atoms with Gasteiger partial charge in [0.1, 0.15) is 17.0 Å². The van der Waals surface area contributed by atoms with Crippen LogP contribution in [0.25, 0.3) is 10.2 Å². The Morgan fingerprint density at radius 3 is 3.29 bits per heavy atom. The van der Waals surface area contributed by atoms with E-state index in [9.17, 15) is 0 Å². The fraction of sp³-hybridized carbons (Fsp3) is 0.500. The van der Waals surface area contributed by atoms with Crippen molar-refractivity contribution in [1.29, 1.82) is 0 Å². The van der Waals surface area contributed by atoms with Crippen molar-refractivity contribution in [2.24, 2.45) is 0 Å². The normalized spacial score (nSPS) is 21.1. The van der Waals surface area contributed by atoms with E-state index in [1.165, 1.54) is 35.1 Å². The summed E-state index contributed by atoms with van der Waals surface area (Å²) in [6, 6.07) is 0. The van der Waals surface area contributed by atoms with Crippen molar-refractivity contribution >= 4 is 27.4 Å². The maximum Gasteiger partial charge on any atom is 0.141 e. The third kappa shape index (κ3) is 2.24. The summed E-state index contributed by atoms with van der Waals surface area (Å²) in [5, 5.41) is 1.30. The molecule has 1 aliphatic heterocycles. The van der Waals surface area contributed by atoms with E-state index in [0.717, 1.165) is 30.2 Å². The number of hydrogen-bond donors (Lipinski definition) is 0. The Kier molecular flexibility index (Phi) is 3.39. The van der Waals surface area contributed by atoms with Crippen LogP contribution >= 0.6 is 11.3 Å². The number of thiophene rings is 1. The summed E-state index contributed by atoms with van der Waals surface area (Å²) in [7, 11) is 0. The molecule has 0 radical (unpaired) electrons. The molecule has 5 heteroatoms. The number of nitrogens with zero attached hydrogens (tertiary/aromatic N) is 3. The van der Waals surface area contributed by atoms with E-state index in [4.69, 9.17) is 4.74 Å². The van der Waals surface area contributed by atoms with Crippen molar-refractivity contribution in [3.05, 3.63) is 29.4 Å². The molecule has 0 saturated carbocycles. The summed E-state index contributed by atoms with van der Waals surface area (Å²) >= 11 is 1.85. The Bertz CT molecular complexity index is 681. The van der Waals surface area contributed by atoms with Crippen molar-refractivity contribution in [2.45, 2.75) is 31.8 Å². The quantitative estimate of drug-likeness (QED) is 0.814. The largest absolute Gasteiger partial charge is 0.372 e. The topological polar surface area (TPSA) is 38.2 Å². The van der Waals surface area contributed by atoms with E-state index in [1.54, 1.807) is 6.33 Å². The Morgan fingerprint density at radius 2 is 2.38 bits per heavy atom. The molecule has 1 unspecified atom stereocenters. The van der Waals surface area contributed by atoms with Gasteiger partial charge in [-0.15, -0.1) is 17.9 Å². The van der Waals surface area contributed by atoms with Crippen LogP contribution in [-0.4, -0.2) is 35.8 Å². The van der Waals surface area contributed by atoms with Gasteiger partial charge in [0.2, 0.25) is 0 Å². The predicted octanol–water partition coefficient (Wildman–Crippen LogP) is 2.96. The van der Waals surface area contributed by atoms with Gasteiger partial charge in [0, 0.05) is 18.0 Å². The van der Waals surface area contributed by atoms with Crippen molar-refractivity contribution in [3.63, 3.8) is 0 Å². The molecule has 0 spiro atoms. The van der Waals surface area contributed by atoms with Crippen LogP contribution in [0, 0.1) is 0 Å². The van der Waals surface area contributed by atoms with Gasteiger partial charge in [0.25, 0.3) is 0 Å². The minimum atomic E-state index is 0.291. The fourth-order valence-electron chi connectivity index (χ4n) is 3.41. The minimum Gasteiger partial charge on any atom is -0.372 e. The molecule has 3 heterocycles. The average molecular weight is 301 g/mol. The molecule has 0 N–H and O–H groups in total. The van der Waals surface area contributed by atoms with E-state index < -0.39 is 0 Å². The molecular weight excluding hydrogens is 282 g/mol. The molecule has 2 aromatic heterocycles. The second kappa shape index (κ2) is 5.39. The van der Waals surface area contributed by atoms with Gasteiger partial charge in [-0.05, 0) is 31.2 Å². The summed E-state index contributed by atoms with van der Waals surface area (Å²) in [5.41, 5.74) is 1.50. The maximum absolute atomic E-state index is 5.79. The molecule has 4 rings (SSSR count). The van der Waals surface area contributed by atoms with E-state index >= 15 is 0 Å². The fourth-order valence-corrected chi connectivity index (χ4v) is 4.64. The lowest BCUT2D eigenvalue weighted by molar-refractivity contribution is 0.0909. The van der Waals surface area contributed by atoms with Crippen LogP contribution in [0.3, 0.4) is 0 Å². The lowest BCUT2D eigenvalue weighted by Crippen LogP contribution is -2.24. The zero-order chi connectivity index (χ0) is 14.2. The molecule has 1 atom stereocenters. The highest BCUT2D eigenvalue weighted by Crippen LogP contribution is 2.40. The molecule has 1 saturated heterocycles. The standard InChI is InChI=1S/C16H19N3OS/c1-2-8-20-11-6-7-19(9-11)15-14-12-4-3-5-13(12)21-16(14)18-10-17-15/h2,10-11H,1,3-9H2. The Hall–Kier alpha value is -1.46. The number of anilines is 1. The summed E-state index contributed by atoms with van der Waals surface area (Å²) < 4.78 is 5.79. The zero-order valence-corrected chi connectivity index (χ0v) is 12.9. The second-order valence-corrected chi connectivity index (χ2v) is 6.80. The Labute approximate surface area is 128 Å². The number of fused-ring (bicyclic) bond motifs is 3. The molecule has 0 amide bonds. The summed E-state index contributed by atoms with van der Waals surface area (Å²) in [6.07, 6.45) is 8.54. The molecule has 0 aromatic carbocycles. The van der Waals surface area contributed by atoms with E-state index in [1.807, 2.05) is 17.4 Å². The zero-order valence-electron chi connectivity index (χ0n) is 12.0. The first-order valence-corrected chi connectivity index (χ1v) is 8.41. The molecule has 21 heavy (non-hydrogen) atoms. The third-order valence-corrected chi connectivity index (χ3v) is 5.58. The van der Waals surface area contributed by atoms with Gasteiger partial charge in [-0.1, -0.05) is 6.08 Å². The van der Waals surface area contributed by atoms with Gasteiger partial charge in [0.15, 0.2) is 0 Å². The summed E-state index contributed by atoms with van der Waals surface area (Å²) in [5.74, 6) is 1.11. The van der Waals surface area contributed by atoms with Crippen LogP contribution in [0.5, 0.6) is 0 Å². The van der Waals surface area contributed by atoms with Crippen LogP contribution < -0.4 is 4.90 Å². The molecule has 4 nitrogen and oxygen atoms in total. The predicted molar refractivity (Wildman–Crippen MR) is 86.2 cm³/mol. The number of aromatic nitrogens is 2. The van der Waals surface area contributed by atoms with Gasteiger partial charge in [0.05, 0.1) is 18.1 Å². The first-order chi connectivity index (χ1) is 10.4. The van der Waals surface area contributed by atoms with E-state index in [0.29, 0.717) is 12.7 Å². The molecule has 2 aliphatic rings. The van der Waals surface area contributed by atoms with Crippen LogP contribution in [0.1, 0.15) is 23.3 Å². The third-order valence-electron chi connectivity index (χ3n) is 4.38. The van der Waals surface area contributed by atoms with Crippen LogP contribution in [-0.2, 0) is 17.6 Å². The van der Waals surface area contributed by atoms with Crippen LogP contribution in [0.15, 0.2) is 19.0 Å². The lowest BCUT2D eigenvalue weighted by atomic mass is 10.2. The highest BCUT2D eigenvalue weighted by Gasteiger charge is 2.28. The molecule has 110 valence electrons. The van der Waals surface area contributed by atoms with E-state index in [-0.39, 0.29) is 0 Å². The lowest BCUT2D eigenvalue weighted by Gasteiger charge is -2.18. The number of ether oxygens (including phenoxy) is 1. The smallest absolute Gasteiger partial charge is 0.141 e. The van der Waals surface area contributed by atoms with Crippen molar-refractivity contribution in [3.8, 4) is 0 Å². The second-order valence-electron chi connectivity index (χ2n) is 5.71. The molecule has 2 aromatic rings. The van der Waals surface area contributed by atoms with Crippen LogP contribution in [0.4, 0.5) is 5.82 Å². The average Bonchev–Trinajstić information content (AvgIpc) is 3.19. The minimum absolute atomic E-state index is 0.291. The SMILES string of the molecule is C=CCOC1CCN(c2ncnc3sc4c(c23)CCC4)C1. The highest BCUT2D eigenvalue weighted by atomic mass is 32.1. The molecule has 1 fully saturated rings. The molecule has 0 bridgehead atoms. The number of hydrogen-bond acceptors (Lipinski definition) is 5. The summed E-state index contributed by atoms with van der Waals surface area (Å²) in [6.45, 7) is 6.28. The van der Waals surface area contributed by atoms with Gasteiger partial charge < -0.3 is 9.64 Å². The Balaban J connectivity index is 1.66. The first-order valence-electron chi connectivity index (χ1n) is 7.59. The van der Waals surface area contributed by atoms with Crippen molar-refractivity contribution in [2.75, 3.05) is 24.6 Å². The maximum atomic E-state index is 5.79. The van der Waals surface area contributed by atoms with Gasteiger partial charge in [-0.2, -0.15) is 0 Å². The Morgan fingerprint density at radius 1 is 1.43 bits per heavy atom.